The molecule has 4 rings (SSSR count). The Hall–Kier alpha value is -4.41. The van der Waals surface area contributed by atoms with Crippen LogP contribution in [-0.4, -0.2) is 71.5 Å². The third-order valence-electron chi connectivity index (χ3n) is 8.53. The van der Waals surface area contributed by atoms with E-state index >= 15 is 0 Å². The number of aliphatic hydroxyl groups excluding tert-OH is 1. The second-order valence-electron chi connectivity index (χ2n) is 12.6. The number of likely N-dealkylation sites (N-methyl/N-ethyl adjacent to an activating group) is 1. The van der Waals surface area contributed by atoms with E-state index in [1.54, 1.807) is 17.0 Å². The molecule has 5 N–H and O–H groups in total. The largest absolute Gasteiger partial charge is 0.488 e. The normalized spacial score (nSPS) is 17.1. The van der Waals surface area contributed by atoms with Gasteiger partial charge in [-0.1, -0.05) is 55.8 Å². The molecule has 0 saturated heterocycles. The van der Waals surface area contributed by atoms with E-state index in [4.69, 9.17) is 10.5 Å². The van der Waals surface area contributed by atoms with Crippen molar-refractivity contribution >= 4 is 34.8 Å². The van der Waals surface area contributed by atoms with Gasteiger partial charge in [-0.05, 0) is 62.7 Å². The van der Waals surface area contributed by atoms with Crippen LogP contribution in [-0.2, 0) is 27.3 Å². The number of nitrogens with zero attached hydrogens (tertiary/aromatic N) is 2. The third kappa shape index (κ3) is 10.8. The minimum atomic E-state index is -0.334. The molecule has 0 saturated carbocycles. The smallest absolute Gasteiger partial charge is 0.227 e. The van der Waals surface area contributed by atoms with Gasteiger partial charge in [0.05, 0.1) is 30.4 Å². The lowest BCUT2D eigenvalue weighted by Gasteiger charge is -2.34. The van der Waals surface area contributed by atoms with Crippen LogP contribution in [0.5, 0.6) is 5.75 Å². The number of carbonyl (C=O) groups excluding carboxylic acids is 3. The molecule has 1 heterocycles. The van der Waals surface area contributed by atoms with Gasteiger partial charge in [0.15, 0.2) is 0 Å². The molecular weight excluding hydrogens is 594 g/mol. The van der Waals surface area contributed by atoms with Gasteiger partial charge in [-0.25, -0.2) is 0 Å². The molecule has 3 aromatic carbocycles. The molecule has 3 aromatic rings. The van der Waals surface area contributed by atoms with Crippen molar-refractivity contribution in [2.75, 3.05) is 43.1 Å². The van der Waals surface area contributed by atoms with Crippen molar-refractivity contribution in [3.8, 4) is 5.75 Å². The lowest BCUT2D eigenvalue weighted by molar-refractivity contribution is -0.134. The number of rotatable bonds is 14. The maximum Gasteiger partial charge on any atom is 0.227 e. The number of anilines is 3. The Kier molecular flexibility index (Phi) is 13.2. The fourth-order valence-electron chi connectivity index (χ4n) is 5.79. The van der Waals surface area contributed by atoms with Crippen LogP contribution in [0.3, 0.4) is 0 Å². The number of hydrogen-bond acceptors (Lipinski definition) is 7. The predicted molar refractivity (Wildman–Crippen MR) is 186 cm³/mol. The van der Waals surface area contributed by atoms with E-state index in [0.29, 0.717) is 67.1 Å². The molecule has 0 spiro atoms. The average molecular weight is 644 g/mol. The van der Waals surface area contributed by atoms with Gasteiger partial charge in [0.1, 0.15) is 11.9 Å². The van der Waals surface area contributed by atoms with E-state index in [0.717, 1.165) is 13.0 Å². The summed E-state index contributed by atoms with van der Waals surface area (Å²) in [6.45, 7) is 5.67. The Labute approximate surface area is 278 Å². The first-order valence-corrected chi connectivity index (χ1v) is 16.5. The Morgan fingerprint density at radius 1 is 1.00 bits per heavy atom. The van der Waals surface area contributed by atoms with E-state index in [1.165, 1.54) is 5.56 Å². The monoisotopic (exact) mass is 643 g/mol. The number of nitrogens with one attached hydrogen (secondary N) is 2. The zero-order valence-corrected chi connectivity index (χ0v) is 27.8. The standard InChI is InChI=1S/C37H49N5O5/c1-26-22-42(27(2)25-43)37(46)21-29-20-30(18-19-33(29)47-34(26)24-41(3)23-28-12-6-4-7-13-28)39-35(44)16-8-5-9-17-36(45)40-32-15-11-10-14-31(32)38/h4,6-7,10-15,18-20,26-27,34,43H,5,8-9,16-17,21-25,38H2,1-3H3,(H,39,44)(H,40,45)/t26-,27+,34+/m1/s1. The van der Waals surface area contributed by atoms with E-state index in [-0.39, 0.29) is 48.8 Å². The van der Waals surface area contributed by atoms with Crippen molar-refractivity contribution in [3.63, 3.8) is 0 Å². The molecule has 47 heavy (non-hydrogen) atoms. The third-order valence-corrected chi connectivity index (χ3v) is 8.53. The number of nitrogen functional groups attached to an aromatic ring is 1. The highest BCUT2D eigenvalue weighted by Crippen LogP contribution is 2.29. The number of nitrogens with two attached hydrogens (primary N) is 1. The molecule has 10 heteroatoms. The van der Waals surface area contributed by atoms with Crippen LogP contribution in [0.15, 0.2) is 72.8 Å². The summed E-state index contributed by atoms with van der Waals surface area (Å²) in [4.78, 5) is 42.5. The van der Waals surface area contributed by atoms with Gasteiger partial charge >= 0.3 is 0 Å². The van der Waals surface area contributed by atoms with Gasteiger partial charge in [-0.2, -0.15) is 0 Å². The topological polar surface area (TPSA) is 137 Å². The number of unbranched alkanes of at least 4 members (excludes halogenated alkanes) is 2. The van der Waals surface area contributed by atoms with Gasteiger partial charge in [-0.15, -0.1) is 0 Å². The summed E-state index contributed by atoms with van der Waals surface area (Å²) < 4.78 is 6.63. The molecule has 0 bridgehead atoms. The first-order chi connectivity index (χ1) is 22.6. The average Bonchev–Trinajstić information content (AvgIpc) is 3.09. The van der Waals surface area contributed by atoms with Crippen LogP contribution >= 0.6 is 0 Å². The van der Waals surface area contributed by atoms with Gasteiger partial charge in [0.2, 0.25) is 17.7 Å². The van der Waals surface area contributed by atoms with E-state index < -0.39 is 0 Å². The number of amides is 3. The second kappa shape index (κ2) is 17.5. The summed E-state index contributed by atoms with van der Waals surface area (Å²) >= 11 is 0. The number of aliphatic hydroxyl groups is 1. The fourth-order valence-corrected chi connectivity index (χ4v) is 5.79. The highest BCUT2D eigenvalue weighted by molar-refractivity contribution is 5.94. The van der Waals surface area contributed by atoms with E-state index in [9.17, 15) is 19.5 Å². The second-order valence-corrected chi connectivity index (χ2v) is 12.6. The molecule has 3 amide bonds. The molecule has 1 aliphatic heterocycles. The van der Waals surface area contributed by atoms with Crippen LogP contribution in [0, 0.1) is 5.92 Å². The van der Waals surface area contributed by atoms with E-state index in [2.05, 4.69) is 41.6 Å². The minimum absolute atomic E-state index is 0.000880. The predicted octanol–water partition coefficient (Wildman–Crippen LogP) is 5.08. The van der Waals surface area contributed by atoms with Crippen molar-refractivity contribution in [2.45, 2.75) is 71.1 Å². The molecule has 0 radical (unpaired) electrons. The van der Waals surface area contributed by atoms with Gasteiger partial charge in [-0.3, -0.25) is 19.3 Å². The molecule has 10 nitrogen and oxygen atoms in total. The fraction of sp³-hybridized carbons (Fsp3) is 0.432. The summed E-state index contributed by atoms with van der Waals surface area (Å²) in [7, 11) is 2.06. The summed E-state index contributed by atoms with van der Waals surface area (Å²) in [5.41, 5.74) is 9.51. The molecule has 0 aliphatic carbocycles. The number of fused-ring (bicyclic) bond motifs is 1. The first-order valence-electron chi connectivity index (χ1n) is 16.5. The van der Waals surface area contributed by atoms with Gasteiger partial charge in [0.25, 0.3) is 0 Å². The quantitative estimate of drug-likeness (QED) is 0.142. The summed E-state index contributed by atoms with van der Waals surface area (Å²) in [5, 5.41) is 15.7. The lowest BCUT2D eigenvalue weighted by Crippen LogP contribution is -2.47. The van der Waals surface area contributed by atoms with Crippen LogP contribution in [0.25, 0.3) is 0 Å². The Morgan fingerprint density at radius 3 is 2.38 bits per heavy atom. The highest BCUT2D eigenvalue weighted by atomic mass is 16.5. The van der Waals surface area contributed by atoms with E-state index in [1.807, 2.05) is 55.5 Å². The van der Waals surface area contributed by atoms with Crippen molar-refractivity contribution in [3.05, 3.63) is 83.9 Å². The number of benzene rings is 3. The zero-order chi connectivity index (χ0) is 33.8. The van der Waals surface area contributed by atoms with Gasteiger partial charge in [0, 0.05) is 49.6 Å². The number of carbonyl (C=O) groups is 3. The molecule has 0 unspecified atom stereocenters. The Bertz CT molecular complexity index is 1480. The Morgan fingerprint density at radius 2 is 1.68 bits per heavy atom. The summed E-state index contributed by atoms with van der Waals surface area (Å²) in [6.07, 6.45) is 2.58. The summed E-state index contributed by atoms with van der Waals surface area (Å²) in [5.74, 6) is 0.289. The van der Waals surface area contributed by atoms with Crippen molar-refractivity contribution in [1.29, 1.82) is 0 Å². The molecule has 1 aliphatic rings. The molecule has 3 atom stereocenters. The van der Waals surface area contributed by atoms with Crippen LogP contribution in [0.4, 0.5) is 17.1 Å². The Balaban J connectivity index is 1.36. The van der Waals surface area contributed by atoms with Crippen LogP contribution in [0.2, 0.25) is 0 Å². The maximum absolute atomic E-state index is 13.5. The van der Waals surface area contributed by atoms with Gasteiger partial charge < -0.3 is 31.1 Å². The molecule has 252 valence electrons. The molecule has 0 aromatic heterocycles. The number of ether oxygens (including phenoxy) is 1. The highest BCUT2D eigenvalue weighted by Gasteiger charge is 2.31. The number of para-hydroxylation sites is 2. The first kappa shape index (κ1) is 35.4. The van der Waals surface area contributed by atoms with Crippen LogP contribution < -0.4 is 21.1 Å². The SMILES string of the molecule is C[C@@H]1CN([C@@H](C)CO)C(=O)Cc2cc(NC(=O)CCCCCC(=O)Nc3ccccc3N)ccc2O[C@H]1CN(C)Cc1ccccc1. The minimum Gasteiger partial charge on any atom is -0.488 e. The lowest BCUT2D eigenvalue weighted by atomic mass is 10.0. The van der Waals surface area contributed by atoms with Crippen molar-refractivity contribution in [2.24, 2.45) is 5.92 Å². The molecule has 0 fully saturated rings. The van der Waals surface area contributed by atoms with Crippen molar-refractivity contribution in [1.82, 2.24) is 9.80 Å². The maximum atomic E-state index is 13.5. The summed E-state index contributed by atoms with van der Waals surface area (Å²) in [6, 6.07) is 22.5. The zero-order valence-electron chi connectivity index (χ0n) is 27.8. The number of hydrogen-bond donors (Lipinski definition) is 4. The van der Waals surface area contributed by atoms with Crippen molar-refractivity contribution < 1.29 is 24.2 Å². The van der Waals surface area contributed by atoms with Crippen LogP contribution in [0.1, 0.15) is 57.1 Å². The molecular formula is C37H49N5O5.